The number of carbonyl (C=O) groups is 2. The molecule has 0 aliphatic carbocycles. The van der Waals surface area contributed by atoms with Crippen molar-refractivity contribution in [2.24, 2.45) is 0 Å². The molecule has 1 saturated heterocycles. The van der Waals surface area contributed by atoms with Gasteiger partial charge in [0.1, 0.15) is 17.8 Å². The molecule has 37 heavy (non-hydrogen) atoms. The molecule has 0 unspecified atom stereocenters. The van der Waals surface area contributed by atoms with E-state index in [2.05, 4.69) is 15.3 Å². The van der Waals surface area contributed by atoms with Crippen molar-refractivity contribution in [3.05, 3.63) is 71.2 Å². The van der Waals surface area contributed by atoms with E-state index in [1.165, 1.54) is 4.90 Å². The van der Waals surface area contributed by atoms with Gasteiger partial charge in [0.25, 0.3) is 5.91 Å². The highest BCUT2D eigenvalue weighted by molar-refractivity contribution is 6.05. The number of aliphatic hydroxyl groups is 1. The monoisotopic (exact) mass is 500 g/mol. The van der Waals surface area contributed by atoms with E-state index in [0.29, 0.717) is 36.6 Å². The van der Waals surface area contributed by atoms with Gasteiger partial charge in [-0.15, -0.1) is 5.10 Å². The van der Waals surface area contributed by atoms with Gasteiger partial charge in [-0.05, 0) is 35.7 Å². The lowest BCUT2D eigenvalue weighted by Crippen LogP contribution is -2.44. The van der Waals surface area contributed by atoms with Crippen LogP contribution in [0.1, 0.15) is 35.0 Å². The fourth-order valence-electron chi connectivity index (χ4n) is 5.62. The van der Waals surface area contributed by atoms with Crippen LogP contribution in [0.4, 0.5) is 4.79 Å². The van der Waals surface area contributed by atoms with E-state index in [1.807, 2.05) is 42.5 Å². The Morgan fingerprint density at radius 1 is 1.11 bits per heavy atom. The highest BCUT2D eigenvalue weighted by atomic mass is 16.7. The summed E-state index contributed by atoms with van der Waals surface area (Å²) in [7, 11) is 0. The Kier molecular flexibility index (Phi) is 4.93. The van der Waals surface area contributed by atoms with Crippen LogP contribution in [-0.2, 0) is 24.3 Å². The van der Waals surface area contributed by atoms with Crippen LogP contribution in [0.3, 0.4) is 0 Å². The number of aliphatic hydroxyl groups excluding tert-OH is 1. The standard InChI is InChI=1S/C26H24N6O5/c33-9-3-8-30-12-16(28-29-30)13-31-25(34)20-11-18-17-4-1-2-5-19(17)27-23(18)24(32(20)26(31)35)15-6-7-21-22(10-15)37-14-36-21/h1-2,4-7,10,12,20,24,27,33H,3,8-9,11,13-14H2/t20-,24+/m0/s1. The maximum Gasteiger partial charge on any atom is 0.328 e. The number of hydrogen-bond acceptors (Lipinski definition) is 7. The van der Waals surface area contributed by atoms with Crippen molar-refractivity contribution in [3.63, 3.8) is 0 Å². The smallest absolute Gasteiger partial charge is 0.328 e. The average Bonchev–Trinajstić information content (AvgIpc) is 3.69. The van der Waals surface area contributed by atoms with Crippen molar-refractivity contribution in [1.82, 2.24) is 29.8 Å². The third kappa shape index (κ3) is 3.38. The molecule has 5 heterocycles. The maximum atomic E-state index is 13.8. The van der Waals surface area contributed by atoms with Gasteiger partial charge in [0.15, 0.2) is 11.5 Å². The van der Waals surface area contributed by atoms with Crippen LogP contribution in [0.25, 0.3) is 10.9 Å². The minimum Gasteiger partial charge on any atom is -0.454 e. The number of ether oxygens (including phenoxy) is 2. The first-order chi connectivity index (χ1) is 18.1. The number of aromatic nitrogens is 4. The number of nitrogens with zero attached hydrogens (tertiary/aromatic N) is 5. The second kappa shape index (κ2) is 8.34. The predicted octanol–water partition coefficient (Wildman–Crippen LogP) is 2.35. The number of imide groups is 1. The average molecular weight is 501 g/mol. The second-order valence-corrected chi connectivity index (χ2v) is 9.46. The SMILES string of the molecule is O=C1[C@@H]2Cc3c([nH]c4ccccc34)[C@@H](c3ccc4c(c3)OCO4)N2C(=O)N1Cc1cn(CCCO)nn1. The van der Waals surface area contributed by atoms with E-state index in [4.69, 9.17) is 14.6 Å². The highest BCUT2D eigenvalue weighted by Gasteiger charge is 2.52. The van der Waals surface area contributed by atoms with Crippen LogP contribution in [0.5, 0.6) is 11.5 Å². The molecule has 188 valence electrons. The van der Waals surface area contributed by atoms with Gasteiger partial charge < -0.3 is 19.6 Å². The summed E-state index contributed by atoms with van der Waals surface area (Å²) in [5.41, 5.74) is 4.25. The van der Waals surface area contributed by atoms with E-state index >= 15 is 0 Å². The van der Waals surface area contributed by atoms with Crippen LogP contribution in [-0.4, -0.2) is 66.3 Å². The number of aromatic amines is 1. The fraction of sp³-hybridized carbons (Fsp3) is 0.308. The lowest BCUT2D eigenvalue weighted by molar-refractivity contribution is -0.129. The molecule has 3 aliphatic heterocycles. The number of nitrogens with one attached hydrogen (secondary N) is 1. The van der Waals surface area contributed by atoms with Gasteiger partial charge in [0.2, 0.25) is 6.79 Å². The minimum absolute atomic E-state index is 0.0341. The molecule has 0 bridgehead atoms. The minimum atomic E-state index is -0.640. The van der Waals surface area contributed by atoms with Gasteiger partial charge in [-0.2, -0.15) is 0 Å². The molecule has 2 atom stereocenters. The van der Waals surface area contributed by atoms with E-state index in [1.54, 1.807) is 15.8 Å². The number of fused-ring (bicyclic) bond motifs is 5. The molecular formula is C26H24N6O5. The highest BCUT2D eigenvalue weighted by Crippen LogP contribution is 2.46. The molecular weight excluding hydrogens is 476 g/mol. The van der Waals surface area contributed by atoms with Gasteiger partial charge in [-0.25, -0.2) is 4.79 Å². The number of H-pyrrole nitrogens is 1. The molecule has 4 aromatic rings. The summed E-state index contributed by atoms with van der Waals surface area (Å²) in [4.78, 5) is 34.0. The third-order valence-corrected chi connectivity index (χ3v) is 7.30. The van der Waals surface area contributed by atoms with Gasteiger partial charge >= 0.3 is 6.03 Å². The number of hydrogen-bond donors (Lipinski definition) is 2. The summed E-state index contributed by atoms with van der Waals surface area (Å²) in [6, 6.07) is 12.1. The van der Waals surface area contributed by atoms with Crippen molar-refractivity contribution < 1.29 is 24.2 Å². The van der Waals surface area contributed by atoms with Crippen molar-refractivity contribution in [3.8, 4) is 11.5 Å². The molecule has 0 spiro atoms. The number of carbonyl (C=O) groups excluding carboxylic acids is 2. The fourth-order valence-corrected chi connectivity index (χ4v) is 5.62. The number of rotatable bonds is 6. The Morgan fingerprint density at radius 2 is 1.97 bits per heavy atom. The summed E-state index contributed by atoms with van der Waals surface area (Å²) in [6.07, 6.45) is 2.67. The topological polar surface area (TPSA) is 126 Å². The molecule has 2 aromatic heterocycles. The summed E-state index contributed by atoms with van der Waals surface area (Å²) in [6.45, 7) is 0.739. The maximum absolute atomic E-state index is 13.8. The van der Waals surface area contributed by atoms with Crippen LogP contribution < -0.4 is 9.47 Å². The van der Waals surface area contributed by atoms with Gasteiger partial charge in [0, 0.05) is 36.2 Å². The van der Waals surface area contributed by atoms with Crippen LogP contribution in [0.15, 0.2) is 48.7 Å². The van der Waals surface area contributed by atoms with Gasteiger partial charge in [-0.3, -0.25) is 19.3 Å². The van der Waals surface area contributed by atoms with Crippen molar-refractivity contribution >= 4 is 22.8 Å². The summed E-state index contributed by atoms with van der Waals surface area (Å²) >= 11 is 0. The Morgan fingerprint density at radius 3 is 2.86 bits per heavy atom. The Bertz CT molecular complexity index is 1540. The van der Waals surface area contributed by atoms with E-state index in [9.17, 15) is 9.59 Å². The zero-order valence-electron chi connectivity index (χ0n) is 19.8. The van der Waals surface area contributed by atoms with Crippen molar-refractivity contribution in [1.29, 1.82) is 0 Å². The number of aryl methyl sites for hydroxylation is 1. The number of urea groups is 1. The summed E-state index contributed by atoms with van der Waals surface area (Å²) < 4.78 is 12.7. The quantitative estimate of drug-likeness (QED) is 0.389. The zero-order valence-corrected chi connectivity index (χ0v) is 19.8. The van der Waals surface area contributed by atoms with E-state index < -0.39 is 12.1 Å². The Labute approximate surface area is 211 Å². The molecule has 3 amide bonds. The van der Waals surface area contributed by atoms with Crippen LogP contribution in [0, 0.1) is 0 Å². The van der Waals surface area contributed by atoms with Crippen molar-refractivity contribution in [2.45, 2.75) is 38.0 Å². The third-order valence-electron chi connectivity index (χ3n) is 7.30. The zero-order chi connectivity index (χ0) is 25.1. The van der Waals surface area contributed by atoms with Crippen LogP contribution >= 0.6 is 0 Å². The first-order valence-corrected chi connectivity index (χ1v) is 12.2. The number of benzene rings is 2. The molecule has 11 nitrogen and oxygen atoms in total. The van der Waals surface area contributed by atoms with E-state index in [0.717, 1.165) is 27.7 Å². The van der Waals surface area contributed by atoms with Crippen molar-refractivity contribution in [2.75, 3.05) is 13.4 Å². The lowest BCUT2D eigenvalue weighted by atomic mass is 9.88. The first-order valence-electron chi connectivity index (χ1n) is 12.2. The van der Waals surface area contributed by atoms with E-state index in [-0.39, 0.29) is 31.9 Å². The Hall–Kier alpha value is -4.38. The predicted molar refractivity (Wildman–Crippen MR) is 130 cm³/mol. The normalized spacial score (nSPS) is 20.1. The molecule has 7 rings (SSSR count). The number of para-hydroxylation sites is 1. The second-order valence-electron chi connectivity index (χ2n) is 9.46. The van der Waals surface area contributed by atoms with Gasteiger partial charge in [-0.1, -0.05) is 29.5 Å². The van der Waals surface area contributed by atoms with Crippen LogP contribution in [0.2, 0.25) is 0 Å². The summed E-state index contributed by atoms with van der Waals surface area (Å²) in [5, 5.41) is 18.3. The molecule has 3 aliphatic rings. The number of amides is 3. The molecule has 11 heteroatoms. The molecule has 1 fully saturated rings. The van der Waals surface area contributed by atoms with Gasteiger partial charge in [0.05, 0.1) is 12.7 Å². The molecule has 2 aromatic carbocycles. The molecule has 2 N–H and O–H groups in total. The lowest BCUT2D eigenvalue weighted by Gasteiger charge is -2.36. The Balaban J connectivity index is 1.29. The largest absolute Gasteiger partial charge is 0.454 e. The summed E-state index contributed by atoms with van der Waals surface area (Å²) in [5.74, 6) is 1.02. The molecule has 0 saturated carbocycles. The first kappa shape index (κ1) is 21.9. The molecule has 0 radical (unpaired) electrons.